The summed E-state index contributed by atoms with van der Waals surface area (Å²) in [5.74, 6) is 0.872. The second-order valence-electron chi connectivity index (χ2n) is 6.17. The molecule has 1 aliphatic heterocycles. The number of nitrogens with one attached hydrogen (secondary N) is 1. The summed E-state index contributed by atoms with van der Waals surface area (Å²) in [5, 5.41) is 7.22. The van der Waals surface area contributed by atoms with Crippen LogP contribution < -0.4 is 5.32 Å². The van der Waals surface area contributed by atoms with Crippen molar-refractivity contribution in [2.24, 2.45) is 0 Å². The number of pyridine rings is 1. The lowest BCUT2D eigenvalue weighted by molar-refractivity contribution is -0.129. The van der Waals surface area contributed by atoms with Gasteiger partial charge in [-0.3, -0.25) is 9.69 Å². The zero-order chi connectivity index (χ0) is 17.4. The maximum atomic E-state index is 12.7. The van der Waals surface area contributed by atoms with Crippen molar-refractivity contribution < 1.29 is 4.79 Å². The van der Waals surface area contributed by atoms with Crippen LogP contribution in [0, 0.1) is 6.92 Å². The second-order valence-corrected chi connectivity index (χ2v) is 6.17. The Kier molecular flexibility index (Phi) is 3.96. The standard InChI is InChI=1S/C17H21N7O/c1-3-24-14(19-11-20-24)10-22-9-7-18-17(25)16(22)15-12(2)21-13-6-4-5-8-23(13)15/h4-6,8,11,16H,3,7,9-10H2,1-2H3,(H,18,25). The third kappa shape index (κ3) is 2.68. The van der Waals surface area contributed by atoms with Crippen LogP contribution in [0.4, 0.5) is 0 Å². The van der Waals surface area contributed by atoms with Crippen LogP contribution in [0.3, 0.4) is 0 Å². The van der Waals surface area contributed by atoms with E-state index in [9.17, 15) is 4.79 Å². The van der Waals surface area contributed by atoms with Gasteiger partial charge in [0.2, 0.25) is 5.91 Å². The van der Waals surface area contributed by atoms with Gasteiger partial charge in [-0.2, -0.15) is 5.10 Å². The molecule has 0 aliphatic carbocycles. The molecule has 0 aromatic carbocycles. The first kappa shape index (κ1) is 15.8. The van der Waals surface area contributed by atoms with Crippen LogP contribution in [0.5, 0.6) is 0 Å². The van der Waals surface area contributed by atoms with E-state index in [0.717, 1.165) is 35.9 Å². The number of aromatic nitrogens is 5. The number of nitrogens with zero attached hydrogens (tertiary/aromatic N) is 6. The van der Waals surface area contributed by atoms with E-state index in [1.165, 1.54) is 0 Å². The molecule has 130 valence electrons. The fourth-order valence-electron chi connectivity index (χ4n) is 3.50. The van der Waals surface area contributed by atoms with Crippen molar-refractivity contribution in [2.45, 2.75) is 33.0 Å². The number of aryl methyl sites for hydroxylation is 2. The molecule has 1 saturated heterocycles. The highest BCUT2D eigenvalue weighted by molar-refractivity contribution is 5.84. The third-order valence-corrected chi connectivity index (χ3v) is 4.66. The third-order valence-electron chi connectivity index (χ3n) is 4.66. The van der Waals surface area contributed by atoms with Crippen molar-refractivity contribution in [3.63, 3.8) is 0 Å². The highest BCUT2D eigenvalue weighted by atomic mass is 16.2. The summed E-state index contributed by atoms with van der Waals surface area (Å²) in [7, 11) is 0. The minimum absolute atomic E-state index is 0.00238. The van der Waals surface area contributed by atoms with Crippen LogP contribution in [0.25, 0.3) is 5.65 Å². The lowest BCUT2D eigenvalue weighted by Gasteiger charge is -2.34. The Morgan fingerprint density at radius 3 is 3.08 bits per heavy atom. The summed E-state index contributed by atoms with van der Waals surface area (Å²) in [6.45, 7) is 6.71. The molecule has 1 fully saturated rings. The van der Waals surface area contributed by atoms with Gasteiger partial charge < -0.3 is 9.72 Å². The second kappa shape index (κ2) is 6.29. The van der Waals surface area contributed by atoms with Gasteiger partial charge >= 0.3 is 0 Å². The van der Waals surface area contributed by atoms with E-state index in [1.807, 2.05) is 47.3 Å². The lowest BCUT2D eigenvalue weighted by Crippen LogP contribution is -2.50. The Balaban J connectivity index is 1.76. The summed E-state index contributed by atoms with van der Waals surface area (Å²) in [6, 6.07) is 5.47. The topological polar surface area (TPSA) is 80.3 Å². The first-order valence-electron chi connectivity index (χ1n) is 8.51. The van der Waals surface area contributed by atoms with Crippen LogP contribution >= 0.6 is 0 Å². The van der Waals surface area contributed by atoms with Crippen LogP contribution in [-0.2, 0) is 17.9 Å². The number of hydrogen-bond acceptors (Lipinski definition) is 5. The molecule has 3 aromatic heterocycles. The molecular weight excluding hydrogens is 318 g/mol. The van der Waals surface area contributed by atoms with E-state index in [4.69, 9.17) is 0 Å². The van der Waals surface area contributed by atoms with Crippen molar-refractivity contribution in [3.8, 4) is 0 Å². The number of fused-ring (bicyclic) bond motifs is 1. The number of rotatable bonds is 4. The number of carbonyl (C=O) groups excluding carboxylic acids is 1. The van der Waals surface area contributed by atoms with Crippen molar-refractivity contribution in [3.05, 3.63) is 47.9 Å². The smallest absolute Gasteiger partial charge is 0.243 e. The highest BCUT2D eigenvalue weighted by Gasteiger charge is 2.35. The van der Waals surface area contributed by atoms with Crippen molar-refractivity contribution >= 4 is 11.6 Å². The molecule has 4 rings (SSSR count). The minimum atomic E-state index is -0.395. The highest BCUT2D eigenvalue weighted by Crippen LogP contribution is 2.28. The molecule has 4 heterocycles. The van der Waals surface area contributed by atoms with Gasteiger partial charge in [-0.25, -0.2) is 14.6 Å². The normalized spacial score (nSPS) is 18.6. The maximum Gasteiger partial charge on any atom is 0.243 e. The molecule has 25 heavy (non-hydrogen) atoms. The monoisotopic (exact) mass is 339 g/mol. The molecular formula is C17H21N7O. The average molecular weight is 339 g/mol. The van der Waals surface area contributed by atoms with Gasteiger partial charge in [-0.1, -0.05) is 6.07 Å². The van der Waals surface area contributed by atoms with Gasteiger partial charge in [-0.15, -0.1) is 0 Å². The quantitative estimate of drug-likeness (QED) is 0.765. The summed E-state index contributed by atoms with van der Waals surface area (Å²) in [4.78, 5) is 23.9. The van der Waals surface area contributed by atoms with Gasteiger partial charge in [-0.05, 0) is 26.0 Å². The summed E-state index contributed by atoms with van der Waals surface area (Å²) in [5.41, 5.74) is 2.63. The minimum Gasteiger partial charge on any atom is -0.353 e. The van der Waals surface area contributed by atoms with Crippen molar-refractivity contribution in [1.29, 1.82) is 0 Å². The van der Waals surface area contributed by atoms with Gasteiger partial charge in [0.05, 0.1) is 17.9 Å². The van der Waals surface area contributed by atoms with Crippen LogP contribution in [0.15, 0.2) is 30.7 Å². The first-order valence-corrected chi connectivity index (χ1v) is 8.51. The van der Waals surface area contributed by atoms with Crippen LogP contribution in [0.2, 0.25) is 0 Å². The molecule has 8 heteroatoms. The molecule has 0 radical (unpaired) electrons. The van der Waals surface area contributed by atoms with E-state index < -0.39 is 6.04 Å². The van der Waals surface area contributed by atoms with Gasteiger partial charge in [0.1, 0.15) is 23.8 Å². The maximum absolute atomic E-state index is 12.7. The van der Waals surface area contributed by atoms with Crippen molar-refractivity contribution in [1.82, 2.24) is 34.4 Å². The summed E-state index contributed by atoms with van der Waals surface area (Å²) in [6.07, 6.45) is 3.52. The molecule has 1 amide bonds. The molecule has 0 spiro atoms. The predicted molar refractivity (Wildman–Crippen MR) is 91.8 cm³/mol. The molecule has 0 bridgehead atoms. The average Bonchev–Trinajstić information content (AvgIpc) is 3.19. The van der Waals surface area contributed by atoms with Crippen LogP contribution in [0.1, 0.15) is 30.2 Å². The Bertz CT molecular complexity index is 913. The van der Waals surface area contributed by atoms with Gasteiger partial charge in [0.15, 0.2) is 0 Å². The Morgan fingerprint density at radius 1 is 1.36 bits per heavy atom. The molecule has 1 unspecified atom stereocenters. The van der Waals surface area contributed by atoms with Crippen molar-refractivity contribution in [2.75, 3.05) is 13.1 Å². The van der Waals surface area contributed by atoms with Crippen LogP contribution in [-0.4, -0.2) is 48.0 Å². The lowest BCUT2D eigenvalue weighted by atomic mass is 10.1. The number of imidazole rings is 1. The molecule has 1 N–H and O–H groups in total. The molecule has 0 saturated carbocycles. The zero-order valence-electron chi connectivity index (χ0n) is 14.4. The Morgan fingerprint density at radius 2 is 2.24 bits per heavy atom. The number of hydrogen-bond donors (Lipinski definition) is 1. The molecule has 1 aliphatic rings. The van der Waals surface area contributed by atoms with E-state index in [-0.39, 0.29) is 5.91 Å². The first-order chi connectivity index (χ1) is 12.2. The summed E-state index contributed by atoms with van der Waals surface area (Å²) < 4.78 is 3.87. The fraction of sp³-hybridized carbons (Fsp3) is 0.412. The molecule has 8 nitrogen and oxygen atoms in total. The Hall–Kier alpha value is -2.74. The number of carbonyl (C=O) groups is 1. The van der Waals surface area contributed by atoms with E-state index in [1.54, 1.807) is 6.33 Å². The largest absolute Gasteiger partial charge is 0.353 e. The SMILES string of the molecule is CCn1ncnc1CN1CCNC(=O)C1c1c(C)nc2ccccn12. The molecule has 3 aromatic rings. The van der Waals surface area contributed by atoms with E-state index >= 15 is 0 Å². The number of amides is 1. The zero-order valence-corrected chi connectivity index (χ0v) is 14.4. The van der Waals surface area contributed by atoms with Gasteiger partial charge in [0.25, 0.3) is 0 Å². The Labute approximate surface area is 145 Å². The fourth-order valence-corrected chi connectivity index (χ4v) is 3.50. The summed E-state index contributed by atoms with van der Waals surface area (Å²) >= 11 is 0. The number of piperazine rings is 1. The predicted octanol–water partition coefficient (Wildman–Crippen LogP) is 0.927. The molecule has 1 atom stereocenters. The van der Waals surface area contributed by atoms with E-state index in [2.05, 4.69) is 25.3 Å². The van der Waals surface area contributed by atoms with E-state index in [0.29, 0.717) is 13.1 Å². The van der Waals surface area contributed by atoms with Gasteiger partial charge in [0, 0.05) is 25.8 Å².